The van der Waals surface area contributed by atoms with Crippen molar-refractivity contribution in [2.75, 3.05) is 6.54 Å². The number of amides is 2. The number of aliphatic hydroxyl groups is 2. The Bertz CT molecular complexity index is 794. The summed E-state index contributed by atoms with van der Waals surface area (Å²) in [5.41, 5.74) is 8.26. The molecule has 0 spiro atoms. The fourth-order valence-corrected chi connectivity index (χ4v) is 3.13. The Morgan fingerprint density at radius 3 is 2.45 bits per heavy atom. The Balaban J connectivity index is 1.50. The number of nitrogens with zero attached hydrogens (tertiary/aromatic N) is 2. The second-order valence-electron chi connectivity index (χ2n) is 7.71. The SMILES string of the molecule is C[C@@H](NC(=O)[C@H](O)[C@@H](O)C(=O)N1Cc2ccccc2C1)C(N)=CC=NCC1CC1. The highest BCUT2D eigenvalue weighted by Gasteiger charge is 2.35. The summed E-state index contributed by atoms with van der Waals surface area (Å²) in [5.74, 6) is -0.871. The highest BCUT2D eigenvalue weighted by atomic mass is 16.3. The topological polar surface area (TPSA) is 128 Å². The molecular weight excluding hydrogens is 372 g/mol. The van der Waals surface area contributed by atoms with Gasteiger partial charge in [-0.15, -0.1) is 0 Å². The maximum Gasteiger partial charge on any atom is 0.255 e. The Hall–Kier alpha value is -2.71. The van der Waals surface area contributed by atoms with Crippen LogP contribution in [0.3, 0.4) is 0 Å². The van der Waals surface area contributed by atoms with E-state index in [1.165, 1.54) is 17.7 Å². The fourth-order valence-electron chi connectivity index (χ4n) is 3.13. The van der Waals surface area contributed by atoms with Gasteiger partial charge in [-0.1, -0.05) is 24.3 Å². The molecule has 29 heavy (non-hydrogen) atoms. The summed E-state index contributed by atoms with van der Waals surface area (Å²) in [6.07, 6.45) is 1.90. The first kappa shape index (κ1) is 21.0. The molecule has 2 aliphatic rings. The first-order chi connectivity index (χ1) is 13.9. The third-order valence-electron chi connectivity index (χ3n) is 5.26. The molecule has 3 atom stereocenters. The minimum absolute atomic E-state index is 0.340. The van der Waals surface area contributed by atoms with E-state index in [1.54, 1.807) is 19.2 Å². The number of carbonyl (C=O) groups excluding carboxylic acids is 2. The highest BCUT2D eigenvalue weighted by molar-refractivity contribution is 5.91. The molecule has 0 unspecified atom stereocenters. The van der Waals surface area contributed by atoms with Crippen LogP contribution in [0.15, 0.2) is 41.0 Å². The number of hydrogen-bond donors (Lipinski definition) is 4. The Morgan fingerprint density at radius 1 is 1.24 bits per heavy atom. The second kappa shape index (κ2) is 9.19. The van der Waals surface area contributed by atoms with Crippen molar-refractivity contribution in [3.63, 3.8) is 0 Å². The molecule has 0 saturated heterocycles. The third kappa shape index (κ3) is 5.42. The van der Waals surface area contributed by atoms with Crippen LogP contribution in [-0.2, 0) is 22.7 Å². The van der Waals surface area contributed by atoms with Gasteiger partial charge in [0.15, 0.2) is 12.2 Å². The molecule has 0 bridgehead atoms. The van der Waals surface area contributed by atoms with Gasteiger partial charge in [0.05, 0.1) is 6.04 Å². The average molecular weight is 400 g/mol. The van der Waals surface area contributed by atoms with E-state index in [0.29, 0.717) is 24.7 Å². The predicted octanol–water partition coefficient (Wildman–Crippen LogP) is 0.0787. The molecule has 1 aliphatic heterocycles. The number of benzene rings is 1. The van der Waals surface area contributed by atoms with Crippen molar-refractivity contribution < 1.29 is 19.8 Å². The molecule has 1 fully saturated rings. The van der Waals surface area contributed by atoms with Crippen molar-refractivity contribution in [3.05, 3.63) is 47.2 Å². The second-order valence-corrected chi connectivity index (χ2v) is 7.71. The van der Waals surface area contributed by atoms with E-state index in [9.17, 15) is 19.8 Å². The first-order valence-corrected chi connectivity index (χ1v) is 9.84. The van der Waals surface area contributed by atoms with Crippen LogP contribution >= 0.6 is 0 Å². The van der Waals surface area contributed by atoms with Crippen molar-refractivity contribution in [3.8, 4) is 0 Å². The molecule has 1 aromatic carbocycles. The van der Waals surface area contributed by atoms with Gasteiger partial charge >= 0.3 is 0 Å². The van der Waals surface area contributed by atoms with Crippen molar-refractivity contribution in [1.29, 1.82) is 0 Å². The van der Waals surface area contributed by atoms with Crippen LogP contribution in [0.4, 0.5) is 0 Å². The van der Waals surface area contributed by atoms with E-state index in [1.807, 2.05) is 24.3 Å². The number of aliphatic imine (C=N–C) groups is 1. The van der Waals surface area contributed by atoms with Gasteiger partial charge < -0.3 is 26.2 Å². The van der Waals surface area contributed by atoms with Gasteiger partial charge in [0.25, 0.3) is 11.8 Å². The predicted molar refractivity (Wildman–Crippen MR) is 109 cm³/mol. The van der Waals surface area contributed by atoms with E-state index in [2.05, 4.69) is 10.3 Å². The van der Waals surface area contributed by atoms with Crippen LogP contribution in [0.25, 0.3) is 0 Å². The van der Waals surface area contributed by atoms with Crippen molar-refractivity contribution in [2.24, 2.45) is 16.6 Å². The lowest BCUT2D eigenvalue weighted by Gasteiger charge is -2.24. The molecule has 2 amide bonds. The Morgan fingerprint density at radius 2 is 1.86 bits per heavy atom. The van der Waals surface area contributed by atoms with Crippen molar-refractivity contribution >= 4 is 18.0 Å². The number of carbonyl (C=O) groups is 2. The van der Waals surface area contributed by atoms with E-state index < -0.39 is 30.1 Å². The third-order valence-corrected chi connectivity index (χ3v) is 5.26. The molecule has 1 heterocycles. The van der Waals surface area contributed by atoms with Gasteiger partial charge in [0.1, 0.15) is 0 Å². The fraction of sp³-hybridized carbons (Fsp3) is 0.476. The largest absolute Gasteiger partial charge is 0.400 e. The van der Waals surface area contributed by atoms with Crippen LogP contribution in [-0.4, -0.2) is 57.9 Å². The zero-order chi connectivity index (χ0) is 21.0. The first-order valence-electron chi connectivity index (χ1n) is 9.84. The molecular formula is C21H28N4O4. The standard InChI is InChI=1S/C21H28N4O4/c1-13(17(22)8-9-23-10-14-6-7-14)24-20(28)18(26)19(27)21(29)25-11-15-4-2-3-5-16(15)12-25/h2-5,8-9,13-14,18-19,26-27H,6-7,10-12,22H2,1H3,(H,24,28)/t13-,18-,19-/m1/s1. The number of aliphatic hydroxyl groups excluding tert-OH is 2. The Labute approximate surface area is 170 Å². The minimum Gasteiger partial charge on any atom is -0.400 e. The maximum absolute atomic E-state index is 12.5. The smallest absolute Gasteiger partial charge is 0.255 e. The minimum atomic E-state index is -1.88. The number of allylic oxidation sites excluding steroid dienone is 1. The van der Waals surface area contributed by atoms with E-state index >= 15 is 0 Å². The molecule has 8 heteroatoms. The van der Waals surface area contributed by atoms with E-state index in [4.69, 9.17) is 5.73 Å². The number of hydrogen-bond acceptors (Lipinski definition) is 6. The quantitative estimate of drug-likeness (QED) is 0.460. The molecule has 0 radical (unpaired) electrons. The van der Waals surface area contributed by atoms with Gasteiger partial charge in [0.2, 0.25) is 0 Å². The molecule has 1 aliphatic carbocycles. The van der Waals surface area contributed by atoms with Gasteiger partial charge in [-0.3, -0.25) is 14.6 Å². The summed E-state index contributed by atoms with van der Waals surface area (Å²) in [4.78, 5) is 30.4. The molecule has 5 N–H and O–H groups in total. The summed E-state index contributed by atoms with van der Waals surface area (Å²) in [5, 5.41) is 22.9. The molecule has 8 nitrogen and oxygen atoms in total. The van der Waals surface area contributed by atoms with Gasteiger partial charge in [-0.25, -0.2) is 0 Å². The van der Waals surface area contributed by atoms with Crippen LogP contribution < -0.4 is 11.1 Å². The lowest BCUT2D eigenvalue weighted by molar-refractivity contribution is -0.153. The van der Waals surface area contributed by atoms with Crippen LogP contribution in [0, 0.1) is 5.92 Å². The Kier molecular flexibility index (Phi) is 6.66. The summed E-state index contributed by atoms with van der Waals surface area (Å²) in [6, 6.07) is 6.98. The molecule has 0 aromatic heterocycles. The highest BCUT2D eigenvalue weighted by Crippen LogP contribution is 2.28. The maximum atomic E-state index is 12.5. The van der Waals surface area contributed by atoms with Crippen LogP contribution in [0.1, 0.15) is 30.9 Å². The van der Waals surface area contributed by atoms with E-state index in [-0.39, 0.29) is 0 Å². The van der Waals surface area contributed by atoms with Gasteiger partial charge in [0, 0.05) is 31.5 Å². The normalized spacial score (nSPS) is 19.7. The van der Waals surface area contributed by atoms with Crippen LogP contribution in [0.5, 0.6) is 0 Å². The summed E-state index contributed by atoms with van der Waals surface area (Å²) < 4.78 is 0. The number of nitrogens with one attached hydrogen (secondary N) is 1. The lowest BCUT2D eigenvalue weighted by atomic mass is 10.1. The number of nitrogens with two attached hydrogens (primary N) is 1. The van der Waals surface area contributed by atoms with Crippen LogP contribution in [0.2, 0.25) is 0 Å². The monoisotopic (exact) mass is 400 g/mol. The van der Waals surface area contributed by atoms with Gasteiger partial charge in [-0.2, -0.15) is 0 Å². The molecule has 3 rings (SSSR count). The molecule has 156 valence electrons. The number of fused-ring (bicyclic) bond motifs is 1. The average Bonchev–Trinajstić information content (AvgIpc) is 3.44. The zero-order valence-corrected chi connectivity index (χ0v) is 16.5. The van der Waals surface area contributed by atoms with Crippen molar-refractivity contribution in [1.82, 2.24) is 10.2 Å². The number of rotatable bonds is 8. The van der Waals surface area contributed by atoms with Gasteiger partial charge in [-0.05, 0) is 42.9 Å². The summed E-state index contributed by atoms with van der Waals surface area (Å²) >= 11 is 0. The summed E-state index contributed by atoms with van der Waals surface area (Å²) in [7, 11) is 0. The lowest BCUT2D eigenvalue weighted by Crippen LogP contribution is -2.51. The molecule has 1 aromatic rings. The van der Waals surface area contributed by atoms with Crippen molar-refractivity contribution in [2.45, 2.75) is 51.1 Å². The summed E-state index contributed by atoms with van der Waals surface area (Å²) in [6.45, 7) is 3.10. The van der Waals surface area contributed by atoms with E-state index in [0.717, 1.165) is 17.7 Å². The molecule has 1 saturated carbocycles. The zero-order valence-electron chi connectivity index (χ0n) is 16.5.